The zero-order valence-electron chi connectivity index (χ0n) is 6.93. The third-order valence-electron chi connectivity index (χ3n) is 1.51. The van der Waals surface area contributed by atoms with Crippen LogP contribution in [0.5, 0.6) is 0 Å². The lowest BCUT2D eigenvalue weighted by Gasteiger charge is -1.96. The Morgan fingerprint density at radius 1 is 1.29 bits per heavy atom. The highest BCUT2D eigenvalue weighted by Crippen LogP contribution is 2.24. The summed E-state index contributed by atoms with van der Waals surface area (Å²) in [7, 11) is 0. The van der Waals surface area contributed by atoms with Crippen LogP contribution in [0.25, 0.3) is 0 Å². The molecule has 0 radical (unpaired) electrons. The summed E-state index contributed by atoms with van der Waals surface area (Å²) in [4.78, 5) is 21.7. The molecule has 8 heteroatoms. The summed E-state index contributed by atoms with van der Waals surface area (Å²) in [5, 5.41) is 20.5. The molecule has 0 aliphatic rings. The smallest absolute Gasteiger partial charge is 0.258 e. The van der Waals surface area contributed by atoms with Crippen molar-refractivity contribution in [1.82, 2.24) is 4.98 Å². The van der Waals surface area contributed by atoms with E-state index in [1.807, 2.05) is 0 Å². The van der Waals surface area contributed by atoms with E-state index in [9.17, 15) is 24.6 Å². The highest BCUT2D eigenvalue weighted by atomic mass is 19.1. The third kappa shape index (κ3) is 1.63. The Balaban J connectivity index is 3.42. The summed E-state index contributed by atoms with van der Waals surface area (Å²) in [6, 6.07) is 0.553. The first-order chi connectivity index (χ1) is 6.43. The van der Waals surface area contributed by atoms with E-state index < -0.39 is 27.2 Å². The molecule has 0 amide bonds. The maximum absolute atomic E-state index is 12.8. The van der Waals surface area contributed by atoms with Crippen molar-refractivity contribution in [3.63, 3.8) is 0 Å². The quantitative estimate of drug-likeness (QED) is 0.408. The number of hydrogen-bond donors (Lipinski definition) is 0. The van der Waals surface area contributed by atoms with E-state index in [0.717, 1.165) is 0 Å². The Bertz CT molecular complexity index is 385. The molecule has 0 aliphatic heterocycles. The molecule has 0 N–H and O–H groups in total. The van der Waals surface area contributed by atoms with Gasteiger partial charge < -0.3 is 0 Å². The molecule has 0 fully saturated rings. The number of pyridine rings is 1. The summed E-state index contributed by atoms with van der Waals surface area (Å²) in [5.41, 5.74) is -1.77. The van der Waals surface area contributed by atoms with Crippen LogP contribution >= 0.6 is 0 Å². The van der Waals surface area contributed by atoms with Crippen LogP contribution in [0.4, 0.5) is 15.8 Å². The molecule has 0 bridgehead atoms. The van der Waals surface area contributed by atoms with Crippen LogP contribution in [0.2, 0.25) is 0 Å². The van der Waals surface area contributed by atoms with Crippen molar-refractivity contribution in [2.24, 2.45) is 0 Å². The summed E-state index contributed by atoms with van der Waals surface area (Å²) in [6.45, 7) is 1.20. The fourth-order valence-electron chi connectivity index (χ4n) is 0.868. The van der Waals surface area contributed by atoms with E-state index in [0.29, 0.717) is 6.07 Å². The van der Waals surface area contributed by atoms with Crippen molar-refractivity contribution < 1.29 is 14.2 Å². The van der Waals surface area contributed by atoms with Gasteiger partial charge in [0.1, 0.15) is 11.8 Å². The average Bonchev–Trinajstić information content (AvgIpc) is 2.02. The summed E-state index contributed by atoms with van der Waals surface area (Å²) in [6.07, 6.45) is 0. The van der Waals surface area contributed by atoms with Gasteiger partial charge in [0.25, 0.3) is 11.6 Å². The van der Waals surface area contributed by atoms with Gasteiger partial charge in [-0.05, 0) is 6.92 Å². The van der Waals surface area contributed by atoms with E-state index in [4.69, 9.17) is 0 Å². The zero-order valence-corrected chi connectivity index (χ0v) is 6.93. The van der Waals surface area contributed by atoms with Gasteiger partial charge in [0.15, 0.2) is 0 Å². The maximum atomic E-state index is 12.8. The Hall–Kier alpha value is -2.12. The lowest BCUT2D eigenvalue weighted by Crippen LogP contribution is -2.01. The number of halogens is 1. The number of aryl methyl sites for hydroxylation is 1. The van der Waals surface area contributed by atoms with Crippen molar-refractivity contribution in [2.45, 2.75) is 6.92 Å². The molecule has 1 heterocycles. The van der Waals surface area contributed by atoms with Gasteiger partial charge in [0.2, 0.25) is 0 Å². The van der Waals surface area contributed by atoms with Crippen LogP contribution in [0.1, 0.15) is 5.69 Å². The van der Waals surface area contributed by atoms with E-state index in [1.165, 1.54) is 6.92 Å². The van der Waals surface area contributed by atoms with E-state index in [1.54, 1.807) is 0 Å². The van der Waals surface area contributed by atoms with Crippen LogP contribution in [-0.4, -0.2) is 14.8 Å². The number of nitrogens with zero attached hydrogens (tertiary/aromatic N) is 3. The molecule has 1 rings (SSSR count). The number of hydrogen-bond acceptors (Lipinski definition) is 5. The van der Waals surface area contributed by atoms with Crippen molar-refractivity contribution in [3.05, 3.63) is 37.9 Å². The molecule has 1 aromatic heterocycles. The number of rotatable bonds is 2. The predicted octanol–water partition coefficient (Wildman–Crippen LogP) is 1.35. The van der Waals surface area contributed by atoms with Crippen molar-refractivity contribution in [1.29, 1.82) is 0 Å². The fraction of sp³-hybridized carbons (Fsp3) is 0.167. The van der Waals surface area contributed by atoms with Gasteiger partial charge in [-0.2, -0.15) is 4.39 Å². The zero-order chi connectivity index (χ0) is 10.9. The molecule has 0 saturated heterocycles. The van der Waals surface area contributed by atoms with Crippen LogP contribution < -0.4 is 0 Å². The standard InChI is InChI=1S/C6H4FN3O4/c1-3-4(9(11)12)2-5(10(13)14)6(7)8-3/h2H,1H3. The van der Waals surface area contributed by atoms with Crippen molar-refractivity contribution in [3.8, 4) is 0 Å². The van der Waals surface area contributed by atoms with Gasteiger partial charge in [0.05, 0.1) is 9.85 Å². The second-order valence-electron chi connectivity index (χ2n) is 2.42. The molecule has 74 valence electrons. The predicted molar refractivity (Wildman–Crippen MR) is 42.2 cm³/mol. The van der Waals surface area contributed by atoms with Crippen LogP contribution in [0.15, 0.2) is 6.07 Å². The maximum Gasteiger partial charge on any atom is 0.330 e. The molecule has 0 atom stereocenters. The lowest BCUT2D eigenvalue weighted by molar-refractivity contribution is -0.396. The average molecular weight is 201 g/mol. The van der Waals surface area contributed by atoms with E-state index in [-0.39, 0.29) is 5.69 Å². The van der Waals surface area contributed by atoms with Crippen molar-refractivity contribution >= 4 is 11.4 Å². The van der Waals surface area contributed by atoms with Crippen LogP contribution in [0, 0.1) is 33.1 Å². The van der Waals surface area contributed by atoms with Crippen LogP contribution in [0.3, 0.4) is 0 Å². The minimum absolute atomic E-state index is 0.196. The van der Waals surface area contributed by atoms with Gasteiger partial charge in [0, 0.05) is 0 Å². The first kappa shape index (κ1) is 9.96. The molecule has 0 unspecified atom stereocenters. The largest absolute Gasteiger partial charge is 0.330 e. The van der Waals surface area contributed by atoms with Gasteiger partial charge in [-0.3, -0.25) is 20.2 Å². The van der Waals surface area contributed by atoms with Gasteiger partial charge >= 0.3 is 5.69 Å². The Morgan fingerprint density at radius 3 is 2.21 bits per heavy atom. The minimum atomic E-state index is -1.32. The second-order valence-corrected chi connectivity index (χ2v) is 2.42. The molecule has 0 aliphatic carbocycles. The van der Waals surface area contributed by atoms with Crippen LogP contribution in [-0.2, 0) is 0 Å². The first-order valence-corrected chi connectivity index (χ1v) is 3.39. The second kappa shape index (κ2) is 3.32. The molecule has 0 aromatic carbocycles. The summed E-state index contributed by atoms with van der Waals surface area (Å²) in [5.74, 6) is -1.32. The monoisotopic (exact) mass is 201 g/mol. The molecule has 0 spiro atoms. The Morgan fingerprint density at radius 2 is 1.79 bits per heavy atom. The third-order valence-corrected chi connectivity index (χ3v) is 1.51. The highest BCUT2D eigenvalue weighted by Gasteiger charge is 2.23. The molecular formula is C6H4FN3O4. The van der Waals surface area contributed by atoms with Crippen molar-refractivity contribution in [2.75, 3.05) is 0 Å². The molecular weight excluding hydrogens is 197 g/mol. The summed E-state index contributed by atoms with van der Waals surface area (Å²) >= 11 is 0. The molecule has 0 saturated carbocycles. The molecule has 1 aromatic rings. The highest BCUT2D eigenvalue weighted by molar-refractivity contribution is 5.44. The lowest BCUT2D eigenvalue weighted by atomic mass is 10.3. The first-order valence-electron chi connectivity index (χ1n) is 3.39. The number of aromatic nitrogens is 1. The topological polar surface area (TPSA) is 99.2 Å². The van der Waals surface area contributed by atoms with Gasteiger partial charge in [-0.15, -0.1) is 0 Å². The molecule has 14 heavy (non-hydrogen) atoms. The normalized spacial score (nSPS) is 9.86. The fourth-order valence-corrected chi connectivity index (χ4v) is 0.868. The SMILES string of the molecule is Cc1nc(F)c([N+](=O)[O-])cc1[N+](=O)[O-]. The summed E-state index contributed by atoms with van der Waals surface area (Å²) < 4.78 is 12.8. The minimum Gasteiger partial charge on any atom is -0.258 e. The van der Waals surface area contributed by atoms with Gasteiger partial charge in [-0.1, -0.05) is 0 Å². The molecule has 7 nitrogen and oxygen atoms in total. The Labute approximate surface area is 76.5 Å². The van der Waals surface area contributed by atoms with E-state index in [2.05, 4.69) is 4.98 Å². The van der Waals surface area contributed by atoms with Gasteiger partial charge in [-0.25, -0.2) is 4.98 Å². The Kier molecular flexibility index (Phi) is 2.36. The van der Waals surface area contributed by atoms with E-state index >= 15 is 0 Å². The number of nitro groups is 2.